The fraction of sp³-hybridized carbons (Fsp3) is 0.238. The number of H-pyrrole nitrogens is 1. The van der Waals surface area contributed by atoms with Crippen LogP contribution in [0.3, 0.4) is 0 Å². The number of nitrogens with zero attached hydrogens (tertiary/aromatic N) is 2. The molecule has 0 aliphatic heterocycles. The minimum Gasteiger partial charge on any atom is -0.508 e. The first-order chi connectivity index (χ1) is 14.6. The molecule has 2 aromatic carbocycles. The van der Waals surface area contributed by atoms with E-state index in [0.29, 0.717) is 16.4 Å². The lowest BCUT2D eigenvalue weighted by molar-refractivity contribution is 0.145. The Morgan fingerprint density at radius 3 is 2.63 bits per heavy atom. The number of methoxy groups -OCH3 is 1. The van der Waals surface area contributed by atoms with E-state index >= 15 is 0 Å². The zero-order chi connectivity index (χ0) is 21.3. The second-order valence-corrected chi connectivity index (χ2v) is 6.63. The third-order valence-electron chi connectivity index (χ3n) is 4.86. The minimum atomic E-state index is -0.901. The number of nitrogens with one attached hydrogen (secondary N) is 1. The van der Waals surface area contributed by atoms with Gasteiger partial charge in [-0.1, -0.05) is 0 Å². The first-order valence-corrected chi connectivity index (χ1v) is 9.13. The van der Waals surface area contributed by atoms with Gasteiger partial charge < -0.3 is 14.6 Å². The molecule has 0 atom stereocenters. The van der Waals surface area contributed by atoms with Crippen LogP contribution in [-0.2, 0) is 18.1 Å². The Kier molecular flexibility index (Phi) is 5.45. The summed E-state index contributed by atoms with van der Waals surface area (Å²) >= 11 is 0. The predicted molar refractivity (Wildman–Crippen MR) is 105 cm³/mol. The number of aromatic amines is 1. The highest BCUT2D eigenvalue weighted by molar-refractivity contribution is 6.13. The zero-order valence-corrected chi connectivity index (χ0v) is 16.0. The Hall–Kier alpha value is -3.33. The summed E-state index contributed by atoms with van der Waals surface area (Å²) in [5.74, 6) is -0.817. The minimum absolute atomic E-state index is 0.0434. The van der Waals surface area contributed by atoms with Crippen molar-refractivity contribution in [3.63, 3.8) is 0 Å². The Labute approximate surface area is 169 Å². The van der Waals surface area contributed by atoms with E-state index in [9.17, 15) is 18.3 Å². The number of halogens is 3. The number of hydrogen-bond acceptors (Lipinski definition) is 5. The van der Waals surface area contributed by atoms with Crippen molar-refractivity contribution in [2.45, 2.75) is 13.3 Å². The van der Waals surface area contributed by atoms with Crippen LogP contribution in [0.5, 0.6) is 11.5 Å². The largest absolute Gasteiger partial charge is 0.508 e. The first-order valence-electron chi connectivity index (χ1n) is 9.13. The van der Waals surface area contributed by atoms with Gasteiger partial charge in [-0.2, -0.15) is 5.10 Å². The lowest BCUT2D eigenvalue weighted by Crippen LogP contribution is -2.07. The summed E-state index contributed by atoms with van der Waals surface area (Å²) in [6, 6.07) is 4.99. The van der Waals surface area contributed by atoms with Crippen molar-refractivity contribution in [1.82, 2.24) is 15.2 Å². The normalized spacial score (nSPS) is 11.5. The van der Waals surface area contributed by atoms with Crippen molar-refractivity contribution >= 4 is 21.8 Å². The van der Waals surface area contributed by atoms with Crippen LogP contribution in [0.15, 0.2) is 30.5 Å². The van der Waals surface area contributed by atoms with E-state index in [2.05, 4.69) is 15.2 Å². The van der Waals surface area contributed by atoms with E-state index in [1.165, 1.54) is 31.5 Å². The van der Waals surface area contributed by atoms with Gasteiger partial charge in [0.1, 0.15) is 37.3 Å². The number of benzene rings is 2. The van der Waals surface area contributed by atoms with Crippen molar-refractivity contribution in [2.24, 2.45) is 0 Å². The van der Waals surface area contributed by atoms with Crippen LogP contribution < -0.4 is 4.74 Å². The number of rotatable bonds is 7. The molecule has 4 aromatic rings. The third-order valence-corrected chi connectivity index (χ3v) is 4.86. The summed E-state index contributed by atoms with van der Waals surface area (Å²) in [4.78, 5) is 4.42. The van der Waals surface area contributed by atoms with Crippen LogP contribution in [0, 0.1) is 5.82 Å². The van der Waals surface area contributed by atoms with Crippen molar-refractivity contribution in [3.05, 3.63) is 47.4 Å². The maximum Gasteiger partial charge on any atom is 0.156 e. The lowest BCUT2D eigenvalue weighted by atomic mass is 9.93. The smallest absolute Gasteiger partial charge is 0.156 e. The molecule has 0 aliphatic carbocycles. The van der Waals surface area contributed by atoms with Gasteiger partial charge in [-0.05, 0) is 23.8 Å². The molecular weight excluding hydrogens is 399 g/mol. The van der Waals surface area contributed by atoms with Crippen LogP contribution in [0.4, 0.5) is 13.2 Å². The number of aromatic nitrogens is 3. The number of ether oxygens (including phenoxy) is 2. The van der Waals surface area contributed by atoms with Gasteiger partial charge in [0.15, 0.2) is 5.65 Å². The Morgan fingerprint density at radius 2 is 1.93 bits per heavy atom. The quantitative estimate of drug-likeness (QED) is 0.430. The Balaban J connectivity index is 2.10. The number of fused-ring (bicyclic) bond motifs is 3. The molecule has 2 heterocycles. The van der Waals surface area contributed by atoms with Crippen LogP contribution in [0.1, 0.15) is 11.1 Å². The highest BCUT2D eigenvalue weighted by atomic mass is 19.1. The van der Waals surface area contributed by atoms with Gasteiger partial charge in [-0.25, -0.2) is 18.2 Å². The van der Waals surface area contributed by atoms with Gasteiger partial charge in [0.2, 0.25) is 0 Å². The molecule has 9 heteroatoms. The Morgan fingerprint density at radius 1 is 1.10 bits per heavy atom. The average molecular weight is 417 g/mol. The fourth-order valence-corrected chi connectivity index (χ4v) is 3.53. The SMILES string of the molecule is COCCOc1cc(CF)c2c(-c3ccc(O)cc3F)nc3[nH]ncc3c2c1CF. The maximum absolute atomic E-state index is 14.7. The highest BCUT2D eigenvalue weighted by Crippen LogP contribution is 2.41. The summed E-state index contributed by atoms with van der Waals surface area (Å²) in [7, 11) is 1.51. The summed E-state index contributed by atoms with van der Waals surface area (Å²) in [6.45, 7) is -1.37. The van der Waals surface area contributed by atoms with E-state index in [-0.39, 0.29) is 52.5 Å². The van der Waals surface area contributed by atoms with Gasteiger partial charge in [-0.3, -0.25) is 5.10 Å². The molecule has 30 heavy (non-hydrogen) atoms. The van der Waals surface area contributed by atoms with Crippen LogP contribution in [-0.4, -0.2) is 40.6 Å². The average Bonchev–Trinajstić information content (AvgIpc) is 3.21. The molecule has 156 valence electrons. The molecule has 0 bridgehead atoms. The molecule has 2 aromatic heterocycles. The molecular formula is C21H18F3N3O3. The fourth-order valence-electron chi connectivity index (χ4n) is 3.53. The van der Waals surface area contributed by atoms with Gasteiger partial charge in [0, 0.05) is 40.5 Å². The number of pyridine rings is 1. The molecule has 0 radical (unpaired) electrons. The van der Waals surface area contributed by atoms with Gasteiger partial charge in [-0.15, -0.1) is 0 Å². The molecule has 0 aliphatic rings. The standard InChI is InChI=1S/C21H18F3N3O3/c1-29-4-5-30-17-6-11(8-22)18-19(14(17)9-23)15-10-25-27-21(15)26-20(18)13-3-2-12(28)7-16(13)24/h2-3,6-7,10,28H,4-5,8-9H2,1H3,(H,25,26,27). The van der Waals surface area contributed by atoms with E-state index < -0.39 is 19.2 Å². The van der Waals surface area contributed by atoms with Gasteiger partial charge in [0.05, 0.1) is 18.5 Å². The molecule has 4 rings (SSSR count). The number of phenolic OH excluding ortho intramolecular Hbond substituents is 1. The second kappa shape index (κ2) is 8.19. The second-order valence-electron chi connectivity index (χ2n) is 6.63. The highest BCUT2D eigenvalue weighted by Gasteiger charge is 2.23. The van der Waals surface area contributed by atoms with E-state index in [4.69, 9.17) is 9.47 Å². The van der Waals surface area contributed by atoms with Gasteiger partial charge >= 0.3 is 0 Å². The van der Waals surface area contributed by atoms with Crippen molar-refractivity contribution in [3.8, 4) is 22.8 Å². The summed E-state index contributed by atoms with van der Waals surface area (Å²) in [5, 5.41) is 17.3. The molecule has 0 unspecified atom stereocenters. The van der Waals surface area contributed by atoms with E-state index in [0.717, 1.165) is 6.07 Å². The number of alkyl halides is 2. The molecule has 2 N–H and O–H groups in total. The van der Waals surface area contributed by atoms with E-state index in [1.807, 2.05) is 0 Å². The monoisotopic (exact) mass is 417 g/mol. The number of phenols is 1. The lowest BCUT2D eigenvalue weighted by Gasteiger charge is -2.18. The summed E-state index contributed by atoms with van der Waals surface area (Å²) in [6.07, 6.45) is 1.46. The van der Waals surface area contributed by atoms with Crippen LogP contribution >= 0.6 is 0 Å². The van der Waals surface area contributed by atoms with Crippen molar-refractivity contribution < 1.29 is 27.8 Å². The molecule has 0 saturated heterocycles. The predicted octanol–water partition coefficient (Wildman–Crippen LogP) is 4.59. The third kappa shape index (κ3) is 3.30. The summed E-state index contributed by atoms with van der Waals surface area (Å²) in [5.41, 5.74) is 0.811. The molecule has 0 amide bonds. The van der Waals surface area contributed by atoms with Crippen molar-refractivity contribution in [2.75, 3.05) is 20.3 Å². The topological polar surface area (TPSA) is 80.3 Å². The van der Waals surface area contributed by atoms with Crippen LogP contribution in [0.25, 0.3) is 33.1 Å². The van der Waals surface area contributed by atoms with Crippen LogP contribution in [0.2, 0.25) is 0 Å². The molecule has 0 saturated carbocycles. The van der Waals surface area contributed by atoms with Crippen molar-refractivity contribution in [1.29, 1.82) is 0 Å². The number of hydrogen-bond donors (Lipinski definition) is 2. The van der Waals surface area contributed by atoms with E-state index in [1.54, 1.807) is 0 Å². The zero-order valence-electron chi connectivity index (χ0n) is 16.0. The molecule has 6 nitrogen and oxygen atoms in total. The van der Waals surface area contributed by atoms with Gasteiger partial charge in [0.25, 0.3) is 0 Å². The Bertz CT molecular complexity index is 1230. The molecule has 0 spiro atoms. The first kappa shape index (κ1) is 20.0. The molecule has 0 fully saturated rings. The maximum atomic E-state index is 14.7. The summed E-state index contributed by atoms with van der Waals surface area (Å²) < 4.78 is 53.5. The number of aromatic hydroxyl groups is 1.